The fourth-order valence-electron chi connectivity index (χ4n) is 7.60. The van der Waals surface area contributed by atoms with Crippen LogP contribution in [-0.2, 0) is 19.0 Å². The second-order valence-electron chi connectivity index (χ2n) is 11.5. The Hall–Kier alpha value is -1.39. The van der Waals surface area contributed by atoms with Gasteiger partial charge < -0.3 is 14.2 Å². The van der Waals surface area contributed by atoms with E-state index in [2.05, 4.69) is 32.6 Å². The summed E-state index contributed by atoms with van der Waals surface area (Å²) in [6.45, 7) is 11.3. The monoisotopic (exact) mass is 456 g/mol. The first-order chi connectivity index (χ1) is 15.8. The summed E-state index contributed by atoms with van der Waals surface area (Å²) in [6.07, 6.45) is 15.2. The molecule has 0 bridgehead atoms. The van der Waals surface area contributed by atoms with Crippen LogP contribution in [0.4, 0.5) is 0 Å². The van der Waals surface area contributed by atoms with Crippen LogP contribution in [-0.4, -0.2) is 38.5 Å². The number of allylic oxidation sites excluding steroid dienone is 3. The smallest absolute Gasteiger partial charge is 0.309 e. The molecular weight excluding hydrogens is 412 g/mol. The van der Waals surface area contributed by atoms with Crippen LogP contribution in [0, 0.1) is 29.1 Å². The van der Waals surface area contributed by atoms with Gasteiger partial charge >= 0.3 is 5.97 Å². The molecule has 1 aliphatic heterocycles. The molecule has 0 aromatic carbocycles. The molecule has 3 saturated carbocycles. The summed E-state index contributed by atoms with van der Waals surface area (Å²) >= 11 is 0. The molecule has 4 fully saturated rings. The predicted molar refractivity (Wildman–Crippen MR) is 132 cm³/mol. The molecule has 184 valence electrons. The summed E-state index contributed by atoms with van der Waals surface area (Å²) in [5.41, 5.74) is 4.36. The molecule has 5 unspecified atom stereocenters. The number of carbonyl (C=O) groups is 1. The van der Waals surface area contributed by atoms with Crippen molar-refractivity contribution >= 4 is 5.97 Å². The van der Waals surface area contributed by atoms with Crippen LogP contribution in [0.1, 0.15) is 78.6 Å². The van der Waals surface area contributed by atoms with Gasteiger partial charge in [-0.25, -0.2) is 0 Å². The van der Waals surface area contributed by atoms with Gasteiger partial charge in [-0.15, -0.1) is 0 Å². The Morgan fingerprint density at radius 1 is 1.21 bits per heavy atom. The normalized spacial score (nSPS) is 42.6. The van der Waals surface area contributed by atoms with E-state index in [9.17, 15) is 4.79 Å². The van der Waals surface area contributed by atoms with E-state index < -0.39 is 0 Å². The lowest BCUT2D eigenvalue weighted by molar-refractivity contribution is -0.144. The fourth-order valence-corrected chi connectivity index (χ4v) is 7.60. The Labute approximate surface area is 200 Å². The zero-order valence-corrected chi connectivity index (χ0v) is 21.4. The molecule has 0 radical (unpaired) electrons. The number of fused-ring (bicyclic) bond motifs is 1. The van der Waals surface area contributed by atoms with E-state index in [1.165, 1.54) is 37.7 Å². The third-order valence-electron chi connectivity index (χ3n) is 9.50. The van der Waals surface area contributed by atoms with Gasteiger partial charge in [0.05, 0.1) is 18.1 Å². The van der Waals surface area contributed by atoms with Crippen LogP contribution in [0.3, 0.4) is 0 Å². The first-order valence-electron chi connectivity index (χ1n) is 13.1. The Morgan fingerprint density at radius 2 is 2.00 bits per heavy atom. The van der Waals surface area contributed by atoms with E-state index in [4.69, 9.17) is 14.2 Å². The van der Waals surface area contributed by atoms with Gasteiger partial charge in [-0.1, -0.05) is 45.1 Å². The minimum absolute atomic E-state index is 0.00522. The lowest BCUT2D eigenvalue weighted by Crippen LogP contribution is -2.36. The zero-order chi connectivity index (χ0) is 23.8. The second kappa shape index (κ2) is 10.1. The molecule has 33 heavy (non-hydrogen) atoms. The van der Waals surface area contributed by atoms with Crippen molar-refractivity contribution in [3.05, 3.63) is 35.5 Å². The molecule has 1 heterocycles. The van der Waals surface area contributed by atoms with E-state index in [1.807, 2.05) is 6.92 Å². The zero-order valence-electron chi connectivity index (χ0n) is 21.4. The van der Waals surface area contributed by atoms with Crippen molar-refractivity contribution < 1.29 is 19.0 Å². The molecule has 1 saturated heterocycles. The highest BCUT2D eigenvalue weighted by Gasteiger charge is 2.51. The maximum atomic E-state index is 11.9. The van der Waals surface area contributed by atoms with Crippen LogP contribution >= 0.6 is 0 Å². The van der Waals surface area contributed by atoms with Crippen molar-refractivity contribution in [1.29, 1.82) is 0 Å². The maximum Gasteiger partial charge on any atom is 0.309 e. The molecule has 0 aromatic heterocycles. The van der Waals surface area contributed by atoms with E-state index in [0.717, 1.165) is 31.3 Å². The maximum absolute atomic E-state index is 11.9. The highest BCUT2D eigenvalue weighted by Crippen LogP contribution is 2.60. The van der Waals surface area contributed by atoms with Crippen LogP contribution < -0.4 is 0 Å². The number of methoxy groups -OCH3 is 2. The van der Waals surface area contributed by atoms with Gasteiger partial charge in [-0.05, 0) is 85.7 Å². The van der Waals surface area contributed by atoms with E-state index in [0.29, 0.717) is 23.2 Å². The number of ether oxygens (including phenoxy) is 3. The summed E-state index contributed by atoms with van der Waals surface area (Å²) in [7, 11) is 3.56. The number of esters is 1. The molecule has 0 spiro atoms. The molecule has 3 aliphatic carbocycles. The van der Waals surface area contributed by atoms with Crippen LogP contribution in [0.25, 0.3) is 0 Å². The molecule has 4 rings (SSSR count). The average molecular weight is 457 g/mol. The number of hydrogen-bond acceptors (Lipinski definition) is 4. The van der Waals surface area contributed by atoms with Crippen molar-refractivity contribution in [1.82, 2.24) is 0 Å². The summed E-state index contributed by atoms with van der Waals surface area (Å²) in [6, 6.07) is 0. The van der Waals surface area contributed by atoms with Gasteiger partial charge in [0.15, 0.2) is 0 Å². The predicted octanol–water partition coefficient (Wildman–Crippen LogP) is 6.41. The van der Waals surface area contributed by atoms with E-state index >= 15 is 0 Å². The molecular formula is C29H44O4. The number of cyclic esters (lactones) is 1. The van der Waals surface area contributed by atoms with E-state index in [1.54, 1.807) is 19.8 Å². The van der Waals surface area contributed by atoms with Crippen LogP contribution in [0.15, 0.2) is 35.5 Å². The molecule has 4 aliphatic rings. The molecule has 0 aromatic rings. The van der Waals surface area contributed by atoms with Crippen LogP contribution in [0.2, 0.25) is 0 Å². The van der Waals surface area contributed by atoms with Crippen molar-refractivity contribution in [2.24, 2.45) is 29.1 Å². The van der Waals surface area contributed by atoms with Crippen molar-refractivity contribution in [2.45, 2.75) is 96.9 Å². The topological polar surface area (TPSA) is 44.8 Å². The SMILES string of the molecule is C=C1/C(=C\C=C2/CCC[C@@]3(C)C2CC[C@@H]3[C@H](C)CC2CC(C)C(=O)O2)CC(OC)CC1OC. The highest BCUT2D eigenvalue weighted by molar-refractivity contribution is 5.74. The number of rotatable bonds is 6. The largest absolute Gasteiger partial charge is 0.462 e. The van der Waals surface area contributed by atoms with Crippen molar-refractivity contribution in [2.75, 3.05) is 14.2 Å². The summed E-state index contributed by atoms with van der Waals surface area (Å²) in [4.78, 5) is 11.9. The minimum atomic E-state index is -0.00522. The van der Waals surface area contributed by atoms with Gasteiger partial charge in [-0.2, -0.15) is 0 Å². The number of hydrogen-bond donors (Lipinski definition) is 0. The van der Waals surface area contributed by atoms with Gasteiger partial charge in [-0.3, -0.25) is 4.79 Å². The minimum Gasteiger partial charge on any atom is -0.462 e. The van der Waals surface area contributed by atoms with E-state index in [-0.39, 0.29) is 30.2 Å². The first kappa shape index (κ1) is 24.7. The quantitative estimate of drug-likeness (QED) is 0.433. The Balaban J connectivity index is 1.48. The Morgan fingerprint density at radius 3 is 2.67 bits per heavy atom. The molecule has 4 heteroatoms. The molecule has 4 nitrogen and oxygen atoms in total. The highest BCUT2D eigenvalue weighted by atomic mass is 16.6. The average Bonchev–Trinajstić information content (AvgIpc) is 3.31. The Kier molecular flexibility index (Phi) is 7.55. The molecule has 0 amide bonds. The van der Waals surface area contributed by atoms with Gasteiger partial charge in [0.25, 0.3) is 0 Å². The van der Waals surface area contributed by atoms with Gasteiger partial charge in [0.2, 0.25) is 0 Å². The fraction of sp³-hybridized carbons (Fsp3) is 0.759. The first-order valence-corrected chi connectivity index (χ1v) is 13.1. The summed E-state index contributed by atoms with van der Waals surface area (Å²) in [5.74, 6) is 2.01. The third kappa shape index (κ3) is 4.89. The van der Waals surface area contributed by atoms with Crippen molar-refractivity contribution in [3.8, 4) is 0 Å². The lowest BCUT2D eigenvalue weighted by atomic mass is 9.60. The lowest BCUT2D eigenvalue weighted by Gasteiger charge is -2.44. The molecule has 0 N–H and O–H groups in total. The summed E-state index contributed by atoms with van der Waals surface area (Å²) < 4.78 is 17.0. The summed E-state index contributed by atoms with van der Waals surface area (Å²) in [5, 5.41) is 0. The third-order valence-corrected chi connectivity index (χ3v) is 9.50. The van der Waals surface area contributed by atoms with Gasteiger partial charge in [0.1, 0.15) is 6.10 Å². The number of carbonyl (C=O) groups excluding carboxylic acids is 1. The molecule has 8 atom stereocenters. The Bertz CT molecular complexity index is 810. The standard InChI is InChI=1S/C29H44O4/c1-18(14-24-15-19(2)28(30)33-24)25-11-12-26-21(8-7-13-29(25,26)4)9-10-22-16-23(31-5)17-27(32-6)20(22)3/h9-10,18-19,23-27H,3,7-8,11-17H2,1-2,4-6H3/b21-9+,22-10-/t18-,19?,23?,24?,25-,26?,27?,29-/m1/s1. The van der Waals surface area contributed by atoms with Crippen LogP contribution in [0.5, 0.6) is 0 Å². The van der Waals surface area contributed by atoms with Gasteiger partial charge in [0, 0.05) is 20.6 Å². The second-order valence-corrected chi connectivity index (χ2v) is 11.5. The van der Waals surface area contributed by atoms with Crippen molar-refractivity contribution in [3.63, 3.8) is 0 Å².